The van der Waals surface area contributed by atoms with Crippen LogP contribution in [0.25, 0.3) is 0 Å². The van der Waals surface area contributed by atoms with E-state index in [2.05, 4.69) is 6.58 Å². The van der Waals surface area contributed by atoms with Gasteiger partial charge < -0.3 is 10.2 Å². The van der Waals surface area contributed by atoms with Crippen molar-refractivity contribution >= 4 is 11.9 Å². The first-order chi connectivity index (χ1) is 7.06. The highest BCUT2D eigenvalue weighted by atomic mass is 16.4. The fraction of sp³-hybridized carbons (Fsp3) is 0.455. The highest BCUT2D eigenvalue weighted by molar-refractivity contribution is 5.78. The van der Waals surface area contributed by atoms with Gasteiger partial charge in [-0.2, -0.15) is 0 Å². The lowest BCUT2D eigenvalue weighted by Gasteiger charge is -2.26. The lowest BCUT2D eigenvalue weighted by Crippen LogP contribution is -2.27. The molecule has 0 radical (unpaired) electrons. The Morgan fingerprint density at radius 1 is 1.53 bits per heavy atom. The number of carboxylic acid groups (broad SMARTS) is 2. The van der Waals surface area contributed by atoms with E-state index >= 15 is 0 Å². The van der Waals surface area contributed by atoms with Crippen LogP contribution in [0.4, 0.5) is 0 Å². The summed E-state index contributed by atoms with van der Waals surface area (Å²) < 4.78 is 0. The summed E-state index contributed by atoms with van der Waals surface area (Å²) >= 11 is 0. The highest BCUT2D eigenvalue weighted by Gasteiger charge is 2.31. The summed E-state index contributed by atoms with van der Waals surface area (Å²) in [5, 5.41) is 17.6. The van der Waals surface area contributed by atoms with E-state index in [4.69, 9.17) is 10.2 Å². The summed E-state index contributed by atoms with van der Waals surface area (Å²) in [5.74, 6) is -3.40. The van der Waals surface area contributed by atoms with E-state index in [1.807, 2.05) is 6.08 Å². The van der Waals surface area contributed by atoms with Crippen LogP contribution in [0, 0.1) is 11.8 Å². The van der Waals surface area contributed by atoms with E-state index in [0.29, 0.717) is 0 Å². The third kappa shape index (κ3) is 2.68. The minimum atomic E-state index is -1.09. The smallest absolute Gasteiger partial charge is 0.308 e. The van der Waals surface area contributed by atoms with Crippen LogP contribution in [0.5, 0.6) is 0 Å². The molecule has 0 aliphatic heterocycles. The molecule has 1 aliphatic carbocycles. The zero-order chi connectivity index (χ0) is 11.4. The average molecular weight is 210 g/mol. The van der Waals surface area contributed by atoms with Crippen LogP contribution in [0.3, 0.4) is 0 Å². The maximum Gasteiger partial charge on any atom is 0.308 e. The minimum Gasteiger partial charge on any atom is -0.481 e. The van der Waals surface area contributed by atoms with Crippen LogP contribution in [0.1, 0.15) is 19.3 Å². The second-order valence-corrected chi connectivity index (χ2v) is 3.62. The Balaban J connectivity index is 2.80. The third-order valence-corrected chi connectivity index (χ3v) is 2.67. The number of carbonyl (C=O) groups is 2. The number of carboxylic acids is 2. The molecule has 4 nitrogen and oxygen atoms in total. The van der Waals surface area contributed by atoms with Gasteiger partial charge in [0, 0.05) is 5.92 Å². The Morgan fingerprint density at radius 2 is 2.13 bits per heavy atom. The lowest BCUT2D eigenvalue weighted by molar-refractivity contribution is -0.149. The third-order valence-electron chi connectivity index (χ3n) is 2.67. The normalized spacial score (nSPS) is 18.3. The Bertz CT molecular complexity index is 317. The molecular weight excluding hydrogens is 196 g/mol. The molecule has 0 spiro atoms. The molecule has 0 amide bonds. The Hall–Kier alpha value is -1.58. The summed E-state index contributed by atoms with van der Waals surface area (Å²) in [5.41, 5.74) is 0.999. The summed E-state index contributed by atoms with van der Waals surface area (Å²) in [6.07, 6.45) is 4.92. The molecule has 15 heavy (non-hydrogen) atoms. The van der Waals surface area contributed by atoms with Gasteiger partial charge in [-0.05, 0) is 12.8 Å². The van der Waals surface area contributed by atoms with Crippen molar-refractivity contribution in [3.63, 3.8) is 0 Å². The lowest BCUT2D eigenvalue weighted by atomic mass is 9.77. The van der Waals surface area contributed by atoms with Crippen molar-refractivity contribution in [1.29, 1.82) is 0 Å². The van der Waals surface area contributed by atoms with Crippen LogP contribution < -0.4 is 0 Å². The molecule has 0 saturated heterocycles. The average Bonchev–Trinajstić information content (AvgIpc) is 2.06. The van der Waals surface area contributed by atoms with Crippen molar-refractivity contribution in [3.8, 4) is 0 Å². The topological polar surface area (TPSA) is 74.6 Å². The zero-order valence-electron chi connectivity index (χ0n) is 8.35. The van der Waals surface area contributed by atoms with E-state index in [1.54, 1.807) is 0 Å². The number of aliphatic carboxylic acids is 2. The molecule has 1 aliphatic rings. The van der Waals surface area contributed by atoms with Gasteiger partial charge in [-0.1, -0.05) is 17.7 Å². The maximum absolute atomic E-state index is 10.9. The monoisotopic (exact) mass is 210 g/mol. The Labute approximate surface area is 87.9 Å². The molecule has 82 valence electrons. The van der Waals surface area contributed by atoms with Gasteiger partial charge in [-0.15, -0.1) is 6.58 Å². The molecule has 0 fully saturated rings. The zero-order valence-corrected chi connectivity index (χ0v) is 8.35. The molecule has 0 saturated carbocycles. The van der Waals surface area contributed by atoms with E-state index in [9.17, 15) is 9.59 Å². The maximum atomic E-state index is 10.9. The molecule has 0 bridgehead atoms. The predicted molar refractivity (Wildman–Crippen MR) is 54.4 cm³/mol. The van der Waals surface area contributed by atoms with Gasteiger partial charge in [0.25, 0.3) is 0 Å². The van der Waals surface area contributed by atoms with Crippen molar-refractivity contribution in [3.05, 3.63) is 24.3 Å². The second kappa shape index (κ2) is 4.77. The van der Waals surface area contributed by atoms with Crippen LogP contribution in [-0.2, 0) is 9.59 Å². The molecule has 2 atom stereocenters. The van der Waals surface area contributed by atoms with Crippen molar-refractivity contribution < 1.29 is 19.8 Å². The Morgan fingerprint density at radius 3 is 2.40 bits per heavy atom. The highest BCUT2D eigenvalue weighted by Crippen LogP contribution is 2.33. The second-order valence-electron chi connectivity index (χ2n) is 3.62. The van der Waals surface area contributed by atoms with Crippen LogP contribution in [0.2, 0.25) is 0 Å². The summed E-state index contributed by atoms with van der Waals surface area (Å²) in [4.78, 5) is 21.5. The fourth-order valence-corrected chi connectivity index (χ4v) is 1.74. The first-order valence-corrected chi connectivity index (χ1v) is 4.82. The van der Waals surface area contributed by atoms with Gasteiger partial charge in [0.05, 0.1) is 12.3 Å². The standard InChI is InChI=1S/C11H14O4/c1-2-8(7-4-3-5-7)9(11(14)15)6-10(12)13/h2,4,8-9H,1,3,5-6H2,(H,12,13)(H,14,15). The number of hydrogen-bond acceptors (Lipinski definition) is 2. The van der Waals surface area contributed by atoms with Gasteiger partial charge in [-0.3, -0.25) is 9.59 Å². The predicted octanol–water partition coefficient (Wildman–Crippen LogP) is 1.68. The van der Waals surface area contributed by atoms with Crippen molar-refractivity contribution in [1.82, 2.24) is 0 Å². The molecule has 0 heterocycles. The quantitative estimate of drug-likeness (QED) is 0.654. The molecule has 0 aromatic carbocycles. The van der Waals surface area contributed by atoms with Crippen LogP contribution in [0.15, 0.2) is 24.3 Å². The van der Waals surface area contributed by atoms with Crippen molar-refractivity contribution in [2.45, 2.75) is 19.3 Å². The van der Waals surface area contributed by atoms with Gasteiger partial charge in [0.1, 0.15) is 0 Å². The summed E-state index contributed by atoms with van der Waals surface area (Å²) in [7, 11) is 0. The van der Waals surface area contributed by atoms with E-state index < -0.39 is 17.9 Å². The van der Waals surface area contributed by atoms with E-state index in [1.165, 1.54) is 6.08 Å². The Kier molecular flexibility index (Phi) is 3.66. The first kappa shape index (κ1) is 11.5. The largest absolute Gasteiger partial charge is 0.481 e. The SMILES string of the molecule is C=CC(C1=CCC1)C(CC(=O)O)C(=O)O. The number of hydrogen-bond donors (Lipinski definition) is 2. The molecule has 2 N–H and O–H groups in total. The van der Waals surface area contributed by atoms with Gasteiger partial charge >= 0.3 is 11.9 Å². The van der Waals surface area contributed by atoms with E-state index in [0.717, 1.165) is 18.4 Å². The van der Waals surface area contributed by atoms with Crippen molar-refractivity contribution in [2.75, 3.05) is 0 Å². The molecule has 1 rings (SSSR count). The van der Waals surface area contributed by atoms with Gasteiger partial charge in [0.15, 0.2) is 0 Å². The number of allylic oxidation sites excluding steroid dienone is 3. The number of rotatable bonds is 6. The van der Waals surface area contributed by atoms with Crippen LogP contribution >= 0.6 is 0 Å². The molecule has 0 aromatic heterocycles. The molecule has 2 unspecified atom stereocenters. The summed E-state index contributed by atoms with van der Waals surface area (Å²) in [6, 6.07) is 0. The van der Waals surface area contributed by atoms with Crippen molar-refractivity contribution in [2.24, 2.45) is 11.8 Å². The summed E-state index contributed by atoms with van der Waals surface area (Å²) in [6.45, 7) is 3.58. The first-order valence-electron chi connectivity index (χ1n) is 4.82. The van der Waals surface area contributed by atoms with E-state index in [-0.39, 0.29) is 12.3 Å². The van der Waals surface area contributed by atoms with Crippen LogP contribution in [-0.4, -0.2) is 22.2 Å². The molecule has 4 heteroatoms. The fourth-order valence-electron chi connectivity index (χ4n) is 1.74. The van der Waals surface area contributed by atoms with Gasteiger partial charge in [0.2, 0.25) is 0 Å². The molecule has 0 aromatic rings. The minimum absolute atomic E-state index is 0.340. The molecular formula is C11H14O4. The van der Waals surface area contributed by atoms with Gasteiger partial charge in [-0.25, -0.2) is 0 Å².